The number of carboxylic acid groups (broad SMARTS) is 1. The van der Waals surface area contributed by atoms with Crippen molar-refractivity contribution < 1.29 is 14.7 Å². The topological polar surface area (TPSA) is 60.9 Å². The number of allylic oxidation sites excluding steroid dienone is 4. The van der Waals surface area contributed by atoms with Gasteiger partial charge in [-0.3, -0.25) is 14.5 Å². The van der Waals surface area contributed by atoms with Gasteiger partial charge < -0.3 is 10.0 Å². The van der Waals surface area contributed by atoms with Crippen molar-refractivity contribution in [2.24, 2.45) is 0 Å². The largest absolute Gasteiger partial charge is 0.481 e. The maximum atomic E-state index is 12.7. The number of thiocarbonyl (C=S) groups is 1. The van der Waals surface area contributed by atoms with Crippen LogP contribution in [0.15, 0.2) is 53.6 Å². The molecular formula is C22H24N2O3S2. The van der Waals surface area contributed by atoms with Crippen LogP contribution in [0.2, 0.25) is 0 Å². The summed E-state index contributed by atoms with van der Waals surface area (Å²) in [5, 5.41) is 8.69. The third-order valence-corrected chi connectivity index (χ3v) is 6.26. The van der Waals surface area contributed by atoms with E-state index in [0.717, 1.165) is 36.2 Å². The molecule has 1 amide bonds. The number of unbranched alkanes of at least 4 members (excludes halogenated alkanes) is 2. The van der Waals surface area contributed by atoms with Gasteiger partial charge in [-0.25, -0.2) is 0 Å². The number of amides is 1. The summed E-state index contributed by atoms with van der Waals surface area (Å²) in [5.41, 5.74) is 3.36. The number of carboxylic acids is 1. The number of carbonyl (C=O) groups is 2. The Labute approximate surface area is 180 Å². The Morgan fingerprint density at radius 1 is 1.21 bits per heavy atom. The van der Waals surface area contributed by atoms with Crippen molar-refractivity contribution in [3.63, 3.8) is 0 Å². The van der Waals surface area contributed by atoms with Crippen LogP contribution in [-0.2, 0) is 9.59 Å². The van der Waals surface area contributed by atoms with Crippen LogP contribution in [0.25, 0.3) is 5.57 Å². The lowest BCUT2D eigenvalue weighted by atomic mass is 9.99. The molecule has 2 aliphatic heterocycles. The van der Waals surface area contributed by atoms with E-state index in [1.165, 1.54) is 11.8 Å². The molecule has 5 nitrogen and oxygen atoms in total. The van der Waals surface area contributed by atoms with Crippen LogP contribution in [0.1, 0.15) is 38.2 Å². The minimum absolute atomic E-state index is 0.0710. The van der Waals surface area contributed by atoms with E-state index in [1.54, 1.807) is 4.90 Å². The molecular weight excluding hydrogens is 404 g/mol. The molecule has 0 radical (unpaired) electrons. The molecule has 7 heteroatoms. The highest BCUT2D eigenvalue weighted by molar-refractivity contribution is 8.26. The van der Waals surface area contributed by atoms with Crippen molar-refractivity contribution in [2.45, 2.75) is 32.6 Å². The Hall–Kier alpha value is -2.38. The molecule has 0 unspecified atom stereocenters. The number of rotatable bonds is 8. The van der Waals surface area contributed by atoms with E-state index in [2.05, 4.69) is 36.2 Å². The zero-order chi connectivity index (χ0) is 20.8. The van der Waals surface area contributed by atoms with E-state index in [-0.39, 0.29) is 12.3 Å². The van der Waals surface area contributed by atoms with E-state index in [4.69, 9.17) is 17.3 Å². The zero-order valence-electron chi connectivity index (χ0n) is 16.3. The summed E-state index contributed by atoms with van der Waals surface area (Å²) in [6.45, 7) is 3.54. The molecule has 0 aromatic heterocycles. The van der Waals surface area contributed by atoms with Crippen molar-refractivity contribution >= 4 is 51.4 Å². The number of anilines is 1. The Morgan fingerprint density at radius 2 is 2.00 bits per heavy atom. The van der Waals surface area contributed by atoms with Crippen molar-refractivity contribution in [3.05, 3.63) is 59.2 Å². The highest BCUT2D eigenvalue weighted by Crippen LogP contribution is 2.35. The van der Waals surface area contributed by atoms with Gasteiger partial charge in [0.2, 0.25) is 0 Å². The van der Waals surface area contributed by atoms with Crippen molar-refractivity contribution in [1.29, 1.82) is 0 Å². The first-order chi connectivity index (χ1) is 14.0. The summed E-state index contributed by atoms with van der Waals surface area (Å²) in [5.74, 6) is -0.856. The summed E-state index contributed by atoms with van der Waals surface area (Å²) < 4.78 is 0.564. The summed E-state index contributed by atoms with van der Waals surface area (Å²) >= 11 is 6.69. The van der Waals surface area contributed by atoms with Gasteiger partial charge in [-0.05, 0) is 43.6 Å². The summed E-state index contributed by atoms with van der Waals surface area (Å²) in [4.78, 5) is 27.7. The second-order valence-corrected chi connectivity index (χ2v) is 8.48. The van der Waals surface area contributed by atoms with E-state index in [1.807, 2.05) is 24.3 Å². The lowest BCUT2D eigenvalue weighted by molar-refractivity contribution is -0.137. The quantitative estimate of drug-likeness (QED) is 0.364. The van der Waals surface area contributed by atoms with Gasteiger partial charge >= 0.3 is 5.97 Å². The van der Waals surface area contributed by atoms with Gasteiger partial charge in [0.15, 0.2) is 0 Å². The Morgan fingerprint density at radius 3 is 2.76 bits per heavy atom. The first-order valence-electron chi connectivity index (χ1n) is 9.73. The first kappa shape index (κ1) is 21.3. The van der Waals surface area contributed by atoms with E-state index in [0.29, 0.717) is 22.2 Å². The van der Waals surface area contributed by atoms with Crippen molar-refractivity contribution in [1.82, 2.24) is 4.90 Å². The number of hydrogen-bond acceptors (Lipinski definition) is 5. The number of para-hydroxylation sites is 1. The van der Waals surface area contributed by atoms with Gasteiger partial charge in [0.05, 0.1) is 4.91 Å². The highest BCUT2D eigenvalue weighted by atomic mass is 32.2. The number of nitrogens with zero attached hydrogens (tertiary/aromatic N) is 2. The maximum Gasteiger partial charge on any atom is 0.303 e. The van der Waals surface area contributed by atoms with Crippen LogP contribution >= 0.6 is 24.0 Å². The Bertz CT molecular complexity index is 905. The van der Waals surface area contributed by atoms with Crippen LogP contribution in [0, 0.1) is 0 Å². The molecule has 1 N–H and O–H groups in total. The molecule has 0 atom stereocenters. The lowest BCUT2D eigenvalue weighted by Crippen LogP contribution is -2.29. The van der Waals surface area contributed by atoms with Crippen molar-refractivity contribution in [2.75, 3.05) is 18.0 Å². The number of carbonyl (C=O) groups excluding carboxylic acids is 1. The number of aliphatic carboxylic acids is 1. The predicted molar refractivity (Wildman–Crippen MR) is 123 cm³/mol. The average Bonchev–Trinajstić information content (AvgIpc) is 2.98. The maximum absolute atomic E-state index is 12.7. The molecule has 0 spiro atoms. The fourth-order valence-electron chi connectivity index (χ4n) is 3.32. The van der Waals surface area contributed by atoms with Gasteiger partial charge in [0.25, 0.3) is 5.91 Å². The predicted octanol–water partition coefficient (Wildman–Crippen LogP) is 4.81. The van der Waals surface area contributed by atoms with Gasteiger partial charge in [-0.2, -0.15) is 0 Å². The average molecular weight is 429 g/mol. The monoisotopic (exact) mass is 428 g/mol. The smallest absolute Gasteiger partial charge is 0.303 e. The lowest BCUT2D eigenvalue weighted by Gasteiger charge is -2.26. The molecule has 0 aliphatic carbocycles. The highest BCUT2D eigenvalue weighted by Gasteiger charge is 2.31. The summed E-state index contributed by atoms with van der Waals surface area (Å²) in [6.07, 6.45) is 10.2. The molecule has 152 valence electrons. The molecule has 1 saturated heterocycles. The van der Waals surface area contributed by atoms with Gasteiger partial charge in [-0.1, -0.05) is 54.7 Å². The fourth-order valence-corrected chi connectivity index (χ4v) is 4.57. The molecule has 1 fully saturated rings. The number of hydrogen-bond donors (Lipinski definition) is 1. The molecule has 2 heterocycles. The molecule has 1 aromatic carbocycles. The van der Waals surface area contributed by atoms with Crippen LogP contribution in [0.4, 0.5) is 5.69 Å². The van der Waals surface area contributed by atoms with Gasteiger partial charge in [0.1, 0.15) is 4.32 Å². The third kappa shape index (κ3) is 5.16. The van der Waals surface area contributed by atoms with E-state index >= 15 is 0 Å². The molecule has 0 saturated carbocycles. The summed E-state index contributed by atoms with van der Waals surface area (Å²) in [7, 11) is 0. The second-order valence-electron chi connectivity index (χ2n) is 6.80. The van der Waals surface area contributed by atoms with E-state index < -0.39 is 5.97 Å². The molecule has 0 bridgehead atoms. The minimum Gasteiger partial charge on any atom is -0.481 e. The summed E-state index contributed by atoms with van der Waals surface area (Å²) in [6, 6.07) is 8.23. The van der Waals surface area contributed by atoms with Gasteiger partial charge in [-0.15, -0.1) is 0 Å². The first-order valence-corrected chi connectivity index (χ1v) is 11.0. The SMILES string of the molecule is CCN1C=C/C(=C\C=C2\SC(=S)N(CCCCCC(=O)O)C2=O)c2ccccc21. The van der Waals surface area contributed by atoms with Crippen LogP contribution in [-0.4, -0.2) is 39.3 Å². The van der Waals surface area contributed by atoms with E-state index in [9.17, 15) is 9.59 Å². The molecule has 1 aromatic rings. The fraction of sp³-hybridized carbons (Fsp3) is 0.318. The minimum atomic E-state index is -0.785. The van der Waals surface area contributed by atoms with Crippen molar-refractivity contribution in [3.8, 4) is 0 Å². The standard InChI is InChI=1S/C22H24N2O3S2/c1-2-23-15-13-16(17-8-5-6-9-18(17)23)11-12-19-21(27)24(22(28)29-19)14-7-3-4-10-20(25)26/h5-6,8-9,11-13,15H,2-4,7,10,14H2,1H3,(H,25,26)/b16-11+,19-12+. The number of benzene rings is 1. The Kier molecular flexibility index (Phi) is 7.28. The zero-order valence-corrected chi connectivity index (χ0v) is 18.0. The van der Waals surface area contributed by atoms with Crippen LogP contribution in [0.3, 0.4) is 0 Å². The normalized spacial score (nSPS) is 18.8. The third-order valence-electron chi connectivity index (χ3n) is 4.86. The molecule has 3 rings (SSSR count). The molecule has 29 heavy (non-hydrogen) atoms. The number of thioether (sulfide) groups is 1. The van der Waals surface area contributed by atoms with Gasteiger partial charge in [0, 0.05) is 37.0 Å². The molecule has 2 aliphatic rings. The van der Waals surface area contributed by atoms with Crippen LogP contribution < -0.4 is 4.90 Å². The van der Waals surface area contributed by atoms with Crippen LogP contribution in [0.5, 0.6) is 0 Å². The number of fused-ring (bicyclic) bond motifs is 1. The second kappa shape index (κ2) is 9.89. The Balaban J connectivity index is 1.68.